The molecule has 1 aliphatic rings. The Labute approximate surface area is 149 Å². The molecular formula is C21H27NOS. The van der Waals surface area contributed by atoms with Crippen molar-refractivity contribution in [3.8, 4) is 0 Å². The van der Waals surface area contributed by atoms with Gasteiger partial charge in [-0.05, 0) is 55.2 Å². The Morgan fingerprint density at radius 3 is 2.58 bits per heavy atom. The third-order valence-corrected chi connectivity index (χ3v) is 6.29. The standard InChI is InChI=1S/C21H27NOS/c1-5-22(16-9-7-6-8-10-16)20(23)18-14-24-19-13-15(21(2,3)4)11-12-17(18)19/h6-10,14-15H,5,11-13H2,1-4H3. The fourth-order valence-corrected chi connectivity index (χ4v) is 4.78. The van der Waals surface area contributed by atoms with Crippen molar-refractivity contribution in [1.82, 2.24) is 0 Å². The molecule has 0 N–H and O–H groups in total. The van der Waals surface area contributed by atoms with E-state index in [4.69, 9.17) is 0 Å². The first-order valence-electron chi connectivity index (χ1n) is 8.88. The van der Waals surface area contributed by atoms with Crippen molar-refractivity contribution in [2.24, 2.45) is 11.3 Å². The molecule has 2 nitrogen and oxygen atoms in total. The van der Waals surface area contributed by atoms with Gasteiger partial charge in [-0.3, -0.25) is 4.79 Å². The van der Waals surface area contributed by atoms with Crippen LogP contribution in [0.2, 0.25) is 0 Å². The Hall–Kier alpha value is -1.61. The number of carbonyl (C=O) groups excluding carboxylic acids is 1. The van der Waals surface area contributed by atoms with E-state index in [0.29, 0.717) is 17.9 Å². The van der Waals surface area contributed by atoms with Gasteiger partial charge in [0.2, 0.25) is 0 Å². The van der Waals surface area contributed by atoms with E-state index in [1.165, 1.54) is 16.9 Å². The minimum absolute atomic E-state index is 0.149. The van der Waals surface area contributed by atoms with Crippen molar-refractivity contribution in [3.05, 3.63) is 51.7 Å². The maximum absolute atomic E-state index is 13.1. The number of thiophene rings is 1. The highest BCUT2D eigenvalue weighted by molar-refractivity contribution is 7.10. The topological polar surface area (TPSA) is 20.3 Å². The number of amides is 1. The zero-order valence-electron chi connectivity index (χ0n) is 15.1. The molecule has 1 unspecified atom stereocenters. The fourth-order valence-electron chi connectivity index (χ4n) is 3.63. The highest BCUT2D eigenvalue weighted by atomic mass is 32.1. The molecule has 3 heteroatoms. The van der Waals surface area contributed by atoms with Gasteiger partial charge in [0, 0.05) is 22.5 Å². The number of hydrogen-bond acceptors (Lipinski definition) is 2. The highest BCUT2D eigenvalue weighted by Gasteiger charge is 2.32. The van der Waals surface area contributed by atoms with Gasteiger partial charge in [0.1, 0.15) is 0 Å². The van der Waals surface area contributed by atoms with Crippen molar-refractivity contribution >= 4 is 22.9 Å². The van der Waals surface area contributed by atoms with Crippen molar-refractivity contribution in [1.29, 1.82) is 0 Å². The minimum atomic E-state index is 0.149. The molecule has 0 bridgehead atoms. The van der Waals surface area contributed by atoms with Crippen LogP contribution in [0, 0.1) is 11.3 Å². The van der Waals surface area contributed by atoms with Gasteiger partial charge in [-0.1, -0.05) is 39.0 Å². The predicted octanol–water partition coefficient (Wildman–Crippen LogP) is 5.57. The lowest BCUT2D eigenvalue weighted by atomic mass is 9.72. The average molecular weight is 342 g/mol. The molecule has 0 saturated heterocycles. The lowest BCUT2D eigenvalue weighted by Crippen LogP contribution is -2.32. The van der Waals surface area contributed by atoms with Gasteiger partial charge in [0.05, 0.1) is 5.56 Å². The van der Waals surface area contributed by atoms with Crippen LogP contribution in [0.5, 0.6) is 0 Å². The number of benzene rings is 1. The maximum Gasteiger partial charge on any atom is 0.259 e. The van der Waals surface area contributed by atoms with Gasteiger partial charge in [0.25, 0.3) is 5.91 Å². The monoisotopic (exact) mass is 341 g/mol. The van der Waals surface area contributed by atoms with Gasteiger partial charge in [-0.25, -0.2) is 0 Å². The van der Waals surface area contributed by atoms with Crippen molar-refractivity contribution in [2.75, 3.05) is 11.4 Å². The molecule has 24 heavy (non-hydrogen) atoms. The largest absolute Gasteiger partial charge is 0.309 e. The molecule has 1 aromatic heterocycles. The summed E-state index contributed by atoms with van der Waals surface area (Å²) in [5, 5.41) is 2.09. The van der Waals surface area contributed by atoms with Crippen LogP contribution in [0.4, 0.5) is 5.69 Å². The molecule has 0 radical (unpaired) electrons. The van der Waals surface area contributed by atoms with Crippen LogP contribution in [-0.4, -0.2) is 12.5 Å². The minimum Gasteiger partial charge on any atom is -0.309 e. The first-order valence-corrected chi connectivity index (χ1v) is 9.76. The summed E-state index contributed by atoms with van der Waals surface area (Å²) >= 11 is 1.78. The molecular weight excluding hydrogens is 314 g/mol. The molecule has 1 aromatic carbocycles. The smallest absolute Gasteiger partial charge is 0.259 e. The van der Waals surface area contributed by atoms with Gasteiger partial charge < -0.3 is 4.90 Å². The SMILES string of the molecule is CCN(C(=O)c1csc2c1CCC(C(C)(C)C)C2)c1ccccc1. The number of anilines is 1. The summed E-state index contributed by atoms with van der Waals surface area (Å²) in [5.74, 6) is 0.860. The van der Waals surface area contributed by atoms with E-state index in [1.807, 2.05) is 42.2 Å². The fraction of sp³-hybridized carbons (Fsp3) is 0.476. The summed E-state index contributed by atoms with van der Waals surface area (Å²) < 4.78 is 0. The summed E-state index contributed by atoms with van der Waals surface area (Å²) in [6, 6.07) is 9.98. The van der Waals surface area contributed by atoms with Crippen LogP contribution < -0.4 is 4.90 Å². The zero-order chi connectivity index (χ0) is 17.3. The quantitative estimate of drug-likeness (QED) is 0.715. The third-order valence-electron chi connectivity index (χ3n) is 5.24. The van der Waals surface area contributed by atoms with Crippen molar-refractivity contribution in [2.45, 2.75) is 47.0 Å². The van der Waals surface area contributed by atoms with E-state index in [0.717, 1.165) is 24.1 Å². The number of nitrogens with zero attached hydrogens (tertiary/aromatic N) is 1. The number of hydrogen-bond donors (Lipinski definition) is 0. The summed E-state index contributed by atoms with van der Waals surface area (Å²) in [6.45, 7) is 9.72. The second kappa shape index (κ2) is 6.72. The Bertz CT molecular complexity index is 711. The normalized spacial score (nSPS) is 17.4. The van der Waals surface area contributed by atoms with E-state index in [-0.39, 0.29) is 5.91 Å². The molecule has 1 heterocycles. The van der Waals surface area contributed by atoms with Crippen molar-refractivity contribution in [3.63, 3.8) is 0 Å². The second-order valence-corrected chi connectivity index (χ2v) is 8.71. The van der Waals surface area contributed by atoms with Gasteiger partial charge in [-0.15, -0.1) is 11.3 Å². The van der Waals surface area contributed by atoms with Crippen LogP contribution in [0.15, 0.2) is 35.7 Å². The Balaban J connectivity index is 1.87. The molecule has 1 atom stereocenters. The molecule has 0 spiro atoms. The van der Waals surface area contributed by atoms with Crippen LogP contribution in [-0.2, 0) is 12.8 Å². The third kappa shape index (κ3) is 3.27. The van der Waals surface area contributed by atoms with Gasteiger partial charge >= 0.3 is 0 Å². The van der Waals surface area contributed by atoms with E-state index >= 15 is 0 Å². The number of fused-ring (bicyclic) bond motifs is 1. The van der Waals surface area contributed by atoms with Crippen LogP contribution in [0.1, 0.15) is 54.9 Å². The first-order chi connectivity index (χ1) is 11.4. The molecule has 2 aromatic rings. The average Bonchev–Trinajstić information content (AvgIpc) is 2.98. The number of rotatable bonds is 3. The van der Waals surface area contributed by atoms with E-state index in [9.17, 15) is 4.79 Å². The maximum atomic E-state index is 13.1. The number of para-hydroxylation sites is 1. The van der Waals surface area contributed by atoms with Crippen LogP contribution in [0.3, 0.4) is 0 Å². The van der Waals surface area contributed by atoms with E-state index in [1.54, 1.807) is 11.3 Å². The number of carbonyl (C=O) groups is 1. The summed E-state index contributed by atoms with van der Waals surface area (Å²) in [4.78, 5) is 16.4. The predicted molar refractivity (Wildman–Crippen MR) is 103 cm³/mol. The van der Waals surface area contributed by atoms with E-state index in [2.05, 4.69) is 26.2 Å². The summed E-state index contributed by atoms with van der Waals surface area (Å²) in [7, 11) is 0. The first kappa shape index (κ1) is 17.2. The van der Waals surface area contributed by atoms with Crippen LogP contribution in [0.25, 0.3) is 0 Å². The molecule has 1 amide bonds. The molecule has 0 saturated carbocycles. The van der Waals surface area contributed by atoms with Crippen LogP contribution >= 0.6 is 11.3 Å². The highest BCUT2D eigenvalue weighted by Crippen LogP contribution is 2.41. The zero-order valence-corrected chi connectivity index (χ0v) is 16.0. The van der Waals surface area contributed by atoms with E-state index < -0.39 is 0 Å². The summed E-state index contributed by atoms with van der Waals surface area (Å²) in [6.07, 6.45) is 3.34. The second-order valence-electron chi connectivity index (χ2n) is 7.74. The molecule has 128 valence electrons. The lowest BCUT2D eigenvalue weighted by Gasteiger charge is -2.34. The van der Waals surface area contributed by atoms with Gasteiger partial charge in [-0.2, -0.15) is 0 Å². The molecule has 3 rings (SSSR count). The molecule has 0 aliphatic heterocycles. The lowest BCUT2D eigenvalue weighted by molar-refractivity contribution is 0.0987. The van der Waals surface area contributed by atoms with Gasteiger partial charge in [0.15, 0.2) is 0 Å². The molecule has 0 fully saturated rings. The van der Waals surface area contributed by atoms with Crippen molar-refractivity contribution < 1.29 is 4.79 Å². The summed E-state index contributed by atoms with van der Waals surface area (Å²) in [5.41, 5.74) is 3.55. The Morgan fingerprint density at radius 1 is 1.25 bits per heavy atom. The Kier molecular flexibility index (Phi) is 4.82. The molecule has 1 aliphatic carbocycles. The Morgan fingerprint density at radius 2 is 1.96 bits per heavy atom.